The summed E-state index contributed by atoms with van der Waals surface area (Å²) in [5, 5.41) is 0. The molecule has 0 rings (SSSR count). The van der Waals surface area contributed by atoms with Gasteiger partial charge in [0.05, 0.1) is 0 Å². The Morgan fingerprint density at radius 3 is 0.750 bits per heavy atom. The van der Waals surface area contributed by atoms with Crippen LogP contribution in [0.1, 0.15) is 161 Å². The van der Waals surface area contributed by atoms with Crippen LogP contribution in [0.4, 0.5) is 0 Å². The van der Waals surface area contributed by atoms with E-state index in [-0.39, 0.29) is 0 Å². The van der Waals surface area contributed by atoms with Gasteiger partial charge in [-0.2, -0.15) is 11.8 Å². The standard InChI is InChI=1S/C27H56S/c1-3-4-5-6-7-8-9-10-11-12-13-14-15-16-17-18-19-20-21-22-23-24-25-26-27-28-2/h3-27H2,1-2H3. The third-order valence-electron chi connectivity index (χ3n) is 6.20. The first-order chi connectivity index (χ1) is 13.9. The van der Waals surface area contributed by atoms with Gasteiger partial charge in [0, 0.05) is 0 Å². The van der Waals surface area contributed by atoms with Gasteiger partial charge in [-0.1, -0.05) is 155 Å². The van der Waals surface area contributed by atoms with E-state index < -0.39 is 0 Å². The summed E-state index contributed by atoms with van der Waals surface area (Å²) in [7, 11) is 0. The second kappa shape index (κ2) is 27.4. The average Bonchev–Trinajstić information content (AvgIpc) is 2.71. The maximum Gasteiger partial charge on any atom is -0.00703 e. The zero-order valence-corrected chi connectivity index (χ0v) is 20.9. The van der Waals surface area contributed by atoms with Crippen molar-refractivity contribution in [2.45, 2.75) is 161 Å². The maximum atomic E-state index is 2.30. The summed E-state index contributed by atoms with van der Waals surface area (Å²) >= 11 is 1.99. The van der Waals surface area contributed by atoms with Crippen LogP contribution >= 0.6 is 11.8 Å². The molecule has 0 aliphatic heterocycles. The Bertz CT molecular complexity index is 225. The highest BCUT2D eigenvalue weighted by Crippen LogP contribution is 2.15. The molecular formula is C27H56S. The van der Waals surface area contributed by atoms with Gasteiger partial charge < -0.3 is 0 Å². The van der Waals surface area contributed by atoms with Crippen molar-refractivity contribution in [1.29, 1.82) is 0 Å². The van der Waals surface area contributed by atoms with Crippen LogP contribution in [-0.4, -0.2) is 12.0 Å². The highest BCUT2D eigenvalue weighted by molar-refractivity contribution is 7.98. The van der Waals surface area contributed by atoms with E-state index in [2.05, 4.69) is 13.2 Å². The first-order valence-corrected chi connectivity index (χ1v) is 14.8. The fourth-order valence-corrected chi connectivity index (χ4v) is 4.70. The van der Waals surface area contributed by atoms with Crippen molar-refractivity contribution in [3.05, 3.63) is 0 Å². The lowest BCUT2D eigenvalue weighted by atomic mass is 10.0. The third kappa shape index (κ3) is 26.4. The van der Waals surface area contributed by atoms with Crippen LogP contribution in [0.5, 0.6) is 0 Å². The zero-order chi connectivity index (χ0) is 20.4. The minimum Gasteiger partial charge on any atom is -0.165 e. The van der Waals surface area contributed by atoms with Crippen molar-refractivity contribution in [1.82, 2.24) is 0 Å². The molecule has 0 aliphatic carbocycles. The minimum atomic E-state index is 1.36. The van der Waals surface area contributed by atoms with Crippen LogP contribution in [0.15, 0.2) is 0 Å². The predicted molar refractivity (Wildman–Crippen MR) is 135 cm³/mol. The molecule has 0 aromatic rings. The minimum absolute atomic E-state index is 1.36. The summed E-state index contributed by atoms with van der Waals surface area (Å²) in [6, 6.07) is 0. The average molecular weight is 413 g/mol. The molecule has 0 saturated heterocycles. The molecule has 0 aromatic heterocycles. The number of rotatable bonds is 25. The smallest absolute Gasteiger partial charge is 0.00703 e. The second-order valence-corrected chi connectivity index (χ2v) is 10.1. The summed E-state index contributed by atoms with van der Waals surface area (Å²) in [5.41, 5.74) is 0. The molecule has 0 atom stereocenters. The SMILES string of the molecule is CCCCCCCCCCCCCCCCCCCCCCCCCCSC. The van der Waals surface area contributed by atoms with Gasteiger partial charge >= 0.3 is 0 Å². The van der Waals surface area contributed by atoms with Gasteiger partial charge in [-0.15, -0.1) is 0 Å². The highest BCUT2D eigenvalue weighted by Gasteiger charge is 1.96. The Balaban J connectivity index is 2.96. The normalized spacial score (nSPS) is 11.4. The monoisotopic (exact) mass is 412 g/mol. The van der Waals surface area contributed by atoms with Gasteiger partial charge in [-0.3, -0.25) is 0 Å². The molecule has 0 saturated carbocycles. The lowest BCUT2D eigenvalue weighted by Crippen LogP contribution is -1.85. The quantitative estimate of drug-likeness (QED) is 0.134. The van der Waals surface area contributed by atoms with Crippen LogP contribution < -0.4 is 0 Å². The van der Waals surface area contributed by atoms with E-state index in [0.717, 1.165) is 0 Å². The molecule has 0 fully saturated rings. The number of hydrogen-bond acceptors (Lipinski definition) is 1. The Morgan fingerprint density at radius 1 is 0.321 bits per heavy atom. The molecular weight excluding hydrogens is 356 g/mol. The van der Waals surface area contributed by atoms with Crippen molar-refractivity contribution < 1.29 is 0 Å². The summed E-state index contributed by atoms with van der Waals surface area (Å²) in [6.07, 6.45) is 37.7. The molecule has 0 radical (unpaired) electrons. The fourth-order valence-electron chi connectivity index (χ4n) is 4.21. The molecule has 0 nitrogen and oxygen atoms in total. The Labute approximate surface area is 184 Å². The van der Waals surface area contributed by atoms with Gasteiger partial charge in [-0.25, -0.2) is 0 Å². The molecule has 170 valence electrons. The Hall–Kier alpha value is 0.350. The number of hydrogen-bond donors (Lipinski definition) is 0. The van der Waals surface area contributed by atoms with Gasteiger partial charge in [0.2, 0.25) is 0 Å². The molecule has 0 aliphatic rings. The summed E-state index contributed by atoms with van der Waals surface area (Å²) in [6.45, 7) is 2.30. The largest absolute Gasteiger partial charge is 0.165 e. The van der Waals surface area contributed by atoms with Crippen molar-refractivity contribution >= 4 is 11.8 Å². The van der Waals surface area contributed by atoms with E-state index in [1.807, 2.05) is 11.8 Å². The molecule has 0 aromatic carbocycles. The molecule has 0 unspecified atom stereocenters. The topological polar surface area (TPSA) is 0 Å². The zero-order valence-electron chi connectivity index (χ0n) is 20.1. The molecule has 0 bridgehead atoms. The number of thioether (sulfide) groups is 1. The molecule has 0 spiro atoms. The van der Waals surface area contributed by atoms with Crippen LogP contribution in [0.2, 0.25) is 0 Å². The van der Waals surface area contributed by atoms with Crippen LogP contribution in [0.3, 0.4) is 0 Å². The highest BCUT2D eigenvalue weighted by atomic mass is 32.2. The third-order valence-corrected chi connectivity index (χ3v) is 6.90. The van der Waals surface area contributed by atoms with E-state index in [0.29, 0.717) is 0 Å². The lowest BCUT2D eigenvalue weighted by Gasteiger charge is -2.04. The van der Waals surface area contributed by atoms with E-state index in [4.69, 9.17) is 0 Å². The van der Waals surface area contributed by atoms with Crippen LogP contribution in [0.25, 0.3) is 0 Å². The van der Waals surface area contributed by atoms with Crippen LogP contribution in [0, 0.1) is 0 Å². The molecule has 0 amide bonds. The van der Waals surface area contributed by atoms with E-state index in [9.17, 15) is 0 Å². The predicted octanol–water partition coefficient (Wildman–Crippen LogP) is 10.7. The summed E-state index contributed by atoms with van der Waals surface area (Å²) in [4.78, 5) is 0. The van der Waals surface area contributed by atoms with E-state index >= 15 is 0 Å². The lowest BCUT2D eigenvalue weighted by molar-refractivity contribution is 0.518. The van der Waals surface area contributed by atoms with Gasteiger partial charge in [0.15, 0.2) is 0 Å². The van der Waals surface area contributed by atoms with Gasteiger partial charge in [0.1, 0.15) is 0 Å². The van der Waals surface area contributed by atoms with Crippen molar-refractivity contribution in [2.24, 2.45) is 0 Å². The van der Waals surface area contributed by atoms with Crippen molar-refractivity contribution in [2.75, 3.05) is 12.0 Å². The Kier molecular flexibility index (Phi) is 27.7. The molecule has 0 heterocycles. The van der Waals surface area contributed by atoms with Crippen LogP contribution in [-0.2, 0) is 0 Å². The van der Waals surface area contributed by atoms with Gasteiger partial charge in [0.25, 0.3) is 0 Å². The van der Waals surface area contributed by atoms with Crippen molar-refractivity contribution in [3.63, 3.8) is 0 Å². The molecule has 28 heavy (non-hydrogen) atoms. The first kappa shape index (κ1) is 28.4. The summed E-state index contributed by atoms with van der Waals surface area (Å²) in [5.74, 6) is 1.36. The van der Waals surface area contributed by atoms with Gasteiger partial charge in [-0.05, 0) is 18.4 Å². The van der Waals surface area contributed by atoms with E-state index in [1.165, 1.54) is 160 Å². The second-order valence-electron chi connectivity index (χ2n) is 9.12. The summed E-state index contributed by atoms with van der Waals surface area (Å²) < 4.78 is 0. The first-order valence-electron chi connectivity index (χ1n) is 13.4. The van der Waals surface area contributed by atoms with E-state index in [1.54, 1.807) is 0 Å². The maximum absolute atomic E-state index is 2.30. The van der Waals surface area contributed by atoms with Crippen molar-refractivity contribution in [3.8, 4) is 0 Å². The Morgan fingerprint density at radius 2 is 0.536 bits per heavy atom. The molecule has 0 N–H and O–H groups in total. The fraction of sp³-hybridized carbons (Fsp3) is 1.00. The number of unbranched alkanes of at least 4 members (excludes halogenated alkanes) is 23. The molecule has 1 heteroatoms.